The summed E-state index contributed by atoms with van der Waals surface area (Å²) >= 11 is 5.93. The molecule has 0 aliphatic carbocycles. The zero-order chi connectivity index (χ0) is 25.9. The number of amides is 1. The summed E-state index contributed by atoms with van der Waals surface area (Å²) in [6.07, 6.45) is 4.15. The normalized spacial score (nSPS) is 15.4. The molecule has 37 heavy (non-hydrogen) atoms. The van der Waals surface area contributed by atoms with Gasteiger partial charge in [-0.1, -0.05) is 17.7 Å². The molecule has 1 fully saturated rings. The van der Waals surface area contributed by atoms with Crippen LogP contribution >= 0.6 is 11.6 Å². The molecule has 1 atom stereocenters. The maximum atomic E-state index is 14.5. The van der Waals surface area contributed by atoms with Crippen LogP contribution in [0.5, 0.6) is 11.5 Å². The van der Waals surface area contributed by atoms with E-state index in [0.717, 1.165) is 12.8 Å². The van der Waals surface area contributed by atoms with E-state index in [1.54, 1.807) is 47.5 Å². The molecule has 1 saturated heterocycles. The standard InChI is InChI=1S/C26H24ClFN6O3/c1-36-21-12-20-17(25(32-14-31-20)33-19-8-2-7-18(27)23(19)28)11-22(21)37-15-5-4-10-34(13-15)26(35)16-6-3-9-30-24(16)29/h2-3,6-9,11-12,14-15H,4-5,10,13H2,1H3,(H2,29,30)(H,31,32,33). The molecule has 0 saturated carbocycles. The van der Waals surface area contributed by atoms with Crippen LogP contribution in [0.3, 0.4) is 0 Å². The van der Waals surface area contributed by atoms with E-state index in [2.05, 4.69) is 20.3 Å². The number of anilines is 3. The third-order valence-corrected chi connectivity index (χ3v) is 6.45. The van der Waals surface area contributed by atoms with Crippen molar-refractivity contribution in [3.05, 3.63) is 71.4 Å². The van der Waals surface area contributed by atoms with Gasteiger partial charge in [-0.2, -0.15) is 0 Å². The Balaban J connectivity index is 1.42. The molecule has 0 radical (unpaired) electrons. The molecule has 3 heterocycles. The molecule has 0 bridgehead atoms. The number of hydrogen-bond acceptors (Lipinski definition) is 8. The molecular weight excluding hydrogens is 499 g/mol. The highest BCUT2D eigenvalue weighted by atomic mass is 35.5. The first-order valence-electron chi connectivity index (χ1n) is 11.6. The number of nitrogen functional groups attached to an aromatic ring is 1. The lowest BCUT2D eigenvalue weighted by atomic mass is 10.1. The van der Waals surface area contributed by atoms with Crippen LogP contribution in [-0.2, 0) is 0 Å². The molecule has 1 aliphatic rings. The van der Waals surface area contributed by atoms with E-state index < -0.39 is 5.82 Å². The van der Waals surface area contributed by atoms with Gasteiger partial charge in [-0.05, 0) is 43.2 Å². The van der Waals surface area contributed by atoms with Crippen molar-refractivity contribution in [3.8, 4) is 11.5 Å². The quantitative estimate of drug-likeness (QED) is 0.370. The largest absolute Gasteiger partial charge is 0.493 e. The Bertz CT molecular complexity index is 1470. The molecule has 4 aromatic rings. The number of nitrogens with one attached hydrogen (secondary N) is 1. The monoisotopic (exact) mass is 522 g/mol. The van der Waals surface area contributed by atoms with Gasteiger partial charge in [0.2, 0.25) is 0 Å². The Morgan fingerprint density at radius 1 is 1.19 bits per heavy atom. The van der Waals surface area contributed by atoms with E-state index >= 15 is 0 Å². The second-order valence-electron chi connectivity index (χ2n) is 8.54. The summed E-state index contributed by atoms with van der Waals surface area (Å²) in [5.74, 6) is 0.745. The number of methoxy groups -OCH3 is 1. The Labute approximate surface area is 217 Å². The molecule has 9 nitrogen and oxygen atoms in total. The second kappa shape index (κ2) is 10.4. The van der Waals surface area contributed by atoms with E-state index in [0.29, 0.717) is 46.9 Å². The van der Waals surface area contributed by atoms with E-state index in [1.807, 2.05) is 0 Å². The van der Waals surface area contributed by atoms with Crippen LogP contribution in [0, 0.1) is 5.82 Å². The molecule has 5 rings (SSSR count). The van der Waals surface area contributed by atoms with E-state index in [9.17, 15) is 9.18 Å². The number of nitrogens with zero attached hydrogens (tertiary/aromatic N) is 4. The van der Waals surface area contributed by atoms with Gasteiger partial charge in [0.15, 0.2) is 17.3 Å². The summed E-state index contributed by atoms with van der Waals surface area (Å²) in [5, 5.41) is 3.59. The maximum absolute atomic E-state index is 14.5. The smallest absolute Gasteiger partial charge is 0.257 e. The number of piperidine rings is 1. The Hall–Kier alpha value is -4.18. The van der Waals surface area contributed by atoms with E-state index in [4.69, 9.17) is 26.8 Å². The summed E-state index contributed by atoms with van der Waals surface area (Å²) in [6.45, 7) is 0.966. The van der Waals surface area contributed by atoms with Crippen LogP contribution in [0.4, 0.5) is 21.7 Å². The maximum Gasteiger partial charge on any atom is 0.257 e. The van der Waals surface area contributed by atoms with Crippen molar-refractivity contribution >= 4 is 45.7 Å². The first-order chi connectivity index (χ1) is 17.9. The zero-order valence-corrected chi connectivity index (χ0v) is 20.7. The summed E-state index contributed by atoms with van der Waals surface area (Å²) in [6, 6.07) is 11.5. The Morgan fingerprint density at radius 2 is 2.05 bits per heavy atom. The number of rotatable bonds is 6. The van der Waals surface area contributed by atoms with E-state index in [-0.39, 0.29) is 28.5 Å². The minimum atomic E-state index is -0.581. The summed E-state index contributed by atoms with van der Waals surface area (Å²) in [5.41, 5.74) is 7.04. The number of ether oxygens (including phenoxy) is 2. The van der Waals surface area contributed by atoms with Crippen molar-refractivity contribution in [1.29, 1.82) is 0 Å². The molecule has 11 heteroatoms. The number of aromatic nitrogens is 3. The lowest BCUT2D eigenvalue weighted by molar-refractivity contribution is 0.0533. The van der Waals surface area contributed by atoms with Crippen molar-refractivity contribution < 1.29 is 18.7 Å². The lowest BCUT2D eigenvalue weighted by Gasteiger charge is -2.33. The number of likely N-dealkylation sites (tertiary alicyclic amines) is 1. The van der Waals surface area contributed by atoms with Crippen LogP contribution < -0.4 is 20.5 Å². The van der Waals surface area contributed by atoms with Crippen LogP contribution in [0.25, 0.3) is 10.9 Å². The number of carbonyl (C=O) groups is 1. The van der Waals surface area contributed by atoms with E-state index in [1.165, 1.54) is 19.5 Å². The molecule has 0 spiro atoms. The van der Waals surface area contributed by atoms with Crippen LogP contribution in [0.15, 0.2) is 55.0 Å². The summed E-state index contributed by atoms with van der Waals surface area (Å²) < 4.78 is 26.4. The van der Waals surface area contributed by atoms with Gasteiger partial charge in [0, 0.05) is 24.2 Å². The fourth-order valence-corrected chi connectivity index (χ4v) is 4.48. The Kier molecular flexibility index (Phi) is 6.91. The number of hydrogen-bond donors (Lipinski definition) is 2. The van der Waals surface area contributed by atoms with Crippen molar-refractivity contribution in [2.24, 2.45) is 0 Å². The Morgan fingerprint density at radius 3 is 2.86 bits per heavy atom. The zero-order valence-electron chi connectivity index (χ0n) is 19.9. The van der Waals surface area contributed by atoms with Gasteiger partial charge in [0.25, 0.3) is 5.91 Å². The number of benzene rings is 2. The summed E-state index contributed by atoms with van der Waals surface area (Å²) in [4.78, 5) is 27.4. The fraction of sp³-hybridized carbons (Fsp3) is 0.231. The molecule has 1 unspecified atom stereocenters. The van der Waals surface area contributed by atoms with Crippen molar-refractivity contribution in [3.63, 3.8) is 0 Å². The average molecular weight is 523 g/mol. The number of pyridine rings is 1. The number of nitrogens with two attached hydrogens (primary N) is 1. The van der Waals surface area contributed by atoms with Gasteiger partial charge in [-0.15, -0.1) is 0 Å². The van der Waals surface area contributed by atoms with Gasteiger partial charge in [-0.3, -0.25) is 4.79 Å². The molecule has 1 amide bonds. The predicted molar refractivity (Wildman–Crippen MR) is 139 cm³/mol. The second-order valence-corrected chi connectivity index (χ2v) is 8.95. The minimum Gasteiger partial charge on any atom is -0.493 e. The molecule has 1 aliphatic heterocycles. The SMILES string of the molecule is COc1cc2ncnc(Nc3cccc(Cl)c3F)c2cc1OC1CCCN(C(=O)c2cccnc2N)C1. The number of halogens is 2. The third kappa shape index (κ3) is 5.05. The predicted octanol–water partition coefficient (Wildman–Crippen LogP) is 4.84. The molecule has 2 aromatic heterocycles. The van der Waals surface area contributed by atoms with Crippen LogP contribution in [0.2, 0.25) is 5.02 Å². The first kappa shape index (κ1) is 24.5. The topological polar surface area (TPSA) is 115 Å². The first-order valence-corrected chi connectivity index (χ1v) is 12.0. The van der Waals surface area contributed by atoms with Gasteiger partial charge in [-0.25, -0.2) is 19.3 Å². The fourth-order valence-electron chi connectivity index (χ4n) is 4.31. The highest BCUT2D eigenvalue weighted by Gasteiger charge is 2.28. The molecule has 190 valence electrons. The summed E-state index contributed by atoms with van der Waals surface area (Å²) in [7, 11) is 1.54. The molecule has 2 aromatic carbocycles. The minimum absolute atomic E-state index is 0.00140. The average Bonchev–Trinajstić information content (AvgIpc) is 2.91. The highest BCUT2D eigenvalue weighted by Crippen LogP contribution is 2.36. The van der Waals surface area contributed by atoms with Crippen molar-refractivity contribution in [2.45, 2.75) is 18.9 Å². The number of carbonyl (C=O) groups excluding carboxylic acids is 1. The van der Waals surface area contributed by atoms with Gasteiger partial charge < -0.3 is 25.4 Å². The lowest BCUT2D eigenvalue weighted by Crippen LogP contribution is -2.44. The molecular formula is C26H24ClFN6O3. The van der Waals surface area contributed by atoms with Gasteiger partial charge >= 0.3 is 0 Å². The van der Waals surface area contributed by atoms with Gasteiger partial charge in [0.1, 0.15) is 24.1 Å². The third-order valence-electron chi connectivity index (χ3n) is 6.15. The van der Waals surface area contributed by atoms with Crippen LogP contribution in [-0.4, -0.2) is 52.1 Å². The van der Waals surface area contributed by atoms with Crippen molar-refractivity contribution in [2.75, 3.05) is 31.2 Å². The van der Waals surface area contributed by atoms with Gasteiger partial charge in [0.05, 0.1) is 35.4 Å². The molecule has 3 N–H and O–H groups in total. The van der Waals surface area contributed by atoms with Crippen LogP contribution in [0.1, 0.15) is 23.2 Å². The van der Waals surface area contributed by atoms with Crippen molar-refractivity contribution in [1.82, 2.24) is 19.9 Å². The highest BCUT2D eigenvalue weighted by molar-refractivity contribution is 6.31. The number of fused-ring (bicyclic) bond motifs is 1.